The molecule has 0 fully saturated rings. The van der Waals surface area contributed by atoms with Crippen molar-refractivity contribution in [3.63, 3.8) is 0 Å². The highest BCUT2D eigenvalue weighted by Crippen LogP contribution is 2.12. The van der Waals surface area contributed by atoms with Crippen LogP contribution < -0.4 is 15.8 Å². The Balaban J connectivity index is 0.00000441. The van der Waals surface area contributed by atoms with Crippen LogP contribution in [0.1, 0.15) is 25.8 Å². The number of rotatable bonds is 9. The number of ether oxygens (including phenoxy) is 2. The zero-order valence-electron chi connectivity index (χ0n) is 13.7. The Morgan fingerprint density at radius 3 is 2.50 bits per heavy atom. The molecule has 0 amide bonds. The van der Waals surface area contributed by atoms with E-state index in [-0.39, 0.29) is 24.0 Å². The number of hydrogen-bond acceptors (Lipinski definition) is 3. The fourth-order valence-corrected chi connectivity index (χ4v) is 1.66. The van der Waals surface area contributed by atoms with E-state index in [0.29, 0.717) is 31.6 Å². The molecule has 1 aromatic rings. The number of nitrogens with zero attached hydrogens (tertiary/aromatic N) is 1. The van der Waals surface area contributed by atoms with Crippen molar-refractivity contribution in [3.8, 4) is 5.75 Å². The molecule has 5 nitrogen and oxygen atoms in total. The van der Waals surface area contributed by atoms with Crippen LogP contribution in [0, 0.1) is 5.92 Å². The summed E-state index contributed by atoms with van der Waals surface area (Å²) >= 11 is 0. The molecule has 0 saturated heterocycles. The summed E-state index contributed by atoms with van der Waals surface area (Å²) in [6.07, 6.45) is 1.09. The van der Waals surface area contributed by atoms with E-state index in [1.807, 2.05) is 24.3 Å². The minimum absolute atomic E-state index is 0. The highest BCUT2D eigenvalue weighted by Gasteiger charge is 1.97. The Hall–Kier alpha value is -1.02. The first-order valence-electron chi connectivity index (χ1n) is 7.36. The summed E-state index contributed by atoms with van der Waals surface area (Å²) in [5.41, 5.74) is 6.92. The number of guanidine groups is 1. The highest BCUT2D eigenvalue weighted by molar-refractivity contribution is 14.0. The van der Waals surface area contributed by atoms with Crippen molar-refractivity contribution in [2.75, 3.05) is 26.9 Å². The van der Waals surface area contributed by atoms with Gasteiger partial charge in [0.2, 0.25) is 0 Å². The van der Waals surface area contributed by atoms with Crippen molar-refractivity contribution in [1.29, 1.82) is 0 Å². The summed E-state index contributed by atoms with van der Waals surface area (Å²) in [5, 5.41) is 3.12. The van der Waals surface area contributed by atoms with E-state index >= 15 is 0 Å². The molecule has 6 heteroatoms. The van der Waals surface area contributed by atoms with Crippen molar-refractivity contribution in [3.05, 3.63) is 29.8 Å². The smallest absolute Gasteiger partial charge is 0.188 e. The molecule has 0 heterocycles. The van der Waals surface area contributed by atoms with Crippen molar-refractivity contribution < 1.29 is 9.47 Å². The second-order valence-corrected chi connectivity index (χ2v) is 5.30. The second kappa shape index (κ2) is 12.5. The third-order valence-corrected chi connectivity index (χ3v) is 2.94. The van der Waals surface area contributed by atoms with E-state index in [1.165, 1.54) is 0 Å². The highest BCUT2D eigenvalue weighted by atomic mass is 127. The predicted octanol–water partition coefficient (Wildman–Crippen LogP) is 2.78. The van der Waals surface area contributed by atoms with Gasteiger partial charge in [-0.15, -0.1) is 24.0 Å². The maximum atomic E-state index is 5.82. The van der Waals surface area contributed by atoms with Gasteiger partial charge in [-0.25, -0.2) is 4.99 Å². The van der Waals surface area contributed by atoms with E-state index < -0.39 is 0 Å². The normalized spacial score (nSPS) is 11.2. The lowest BCUT2D eigenvalue weighted by molar-refractivity contribution is 0.146. The summed E-state index contributed by atoms with van der Waals surface area (Å²) in [5.74, 6) is 2.00. The molecule has 0 aliphatic rings. The van der Waals surface area contributed by atoms with E-state index in [1.54, 1.807) is 7.11 Å². The summed E-state index contributed by atoms with van der Waals surface area (Å²) in [6, 6.07) is 7.85. The first kappa shape index (κ1) is 21.0. The summed E-state index contributed by atoms with van der Waals surface area (Å²) < 4.78 is 10.4. The Bertz CT molecular complexity index is 422. The Morgan fingerprint density at radius 2 is 1.91 bits per heavy atom. The van der Waals surface area contributed by atoms with Gasteiger partial charge in [-0.05, 0) is 30.0 Å². The third kappa shape index (κ3) is 9.83. The standard InChI is InChI=1S/C16H27N3O2.HI/c1-13(2)8-9-18-16(17)19-12-14-4-6-15(7-5-14)21-11-10-20-3;/h4-7,13H,8-12H2,1-3H3,(H3,17,18,19);1H. The number of halogens is 1. The van der Waals surface area contributed by atoms with Gasteiger partial charge in [0.1, 0.15) is 12.4 Å². The summed E-state index contributed by atoms with van der Waals surface area (Å²) in [4.78, 5) is 4.32. The van der Waals surface area contributed by atoms with Crippen molar-refractivity contribution in [2.45, 2.75) is 26.8 Å². The minimum Gasteiger partial charge on any atom is -0.491 e. The van der Waals surface area contributed by atoms with Crippen LogP contribution in [0.5, 0.6) is 5.75 Å². The van der Waals surface area contributed by atoms with Crippen LogP contribution in [0.25, 0.3) is 0 Å². The van der Waals surface area contributed by atoms with Gasteiger partial charge in [-0.2, -0.15) is 0 Å². The average Bonchev–Trinajstić information content (AvgIpc) is 2.46. The van der Waals surface area contributed by atoms with Gasteiger partial charge in [0.25, 0.3) is 0 Å². The number of aliphatic imine (C=N–C) groups is 1. The molecule has 22 heavy (non-hydrogen) atoms. The number of methoxy groups -OCH3 is 1. The van der Waals surface area contributed by atoms with Gasteiger partial charge in [-0.1, -0.05) is 26.0 Å². The molecule has 1 rings (SSSR count). The van der Waals surface area contributed by atoms with Gasteiger partial charge in [0.15, 0.2) is 5.96 Å². The van der Waals surface area contributed by atoms with Crippen molar-refractivity contribution >= 4 is 29.9 Å². The number of hydrogen-bond donors (Lipinski definition) is 2. The van der Waals surface area contributed by atoms with E-state index in [0.717, 1.165) is 24.3 Å². The molecule has 0 aliphatic heterocycles. The summed E-state index contributed by atoms with van der Waals surface area (Å²) in [6.45, 7) is 6.94. The van der Waals surface area contributed by atoms with Gasteiger partial charge in [0.05, 0.1) is 13.2 Å². The zero-order chi connectivity index (χ0) is 15.5. The topological polar surface area (TPSA) is 68.9 Å². The van der Waals surface area contributed by atoms with Gasteiger partial charge in [-0.3, -0.25) is 0 Å². The molecule has 0 bridgehead atoms. The molecule has 0 spiro atoms. The molecule has 0 aromatic heterocycles. The number of nitrogens with two attached hydrogens (primary N) is 1. The third-order valence-electron chi connectivity index (χ3n) is 2.94. The Morgan fingerprint density at radius 1 is 1.23 bits per heavy atom. The van der Waals surface area contributed by atoms with E-state index in [9.17, 15) is 0 Å². The predicted molar refractivity (Wildman–Crippen MR) is 102 cm³/mol. The molecule has 0 radical (unpaired) electrons. The lowest BCUT2D eigenvalue weighted by Crippen LogP contribution is -2.32. The van der Waals surface area contributed by atoms with Crippen molar-refractivity contribution in [2.24, 2.45) is 16.6 Å². The van der Waals surface area contributed by atoms with Crippen LogP contribution in [0.2, 0.25) is 0 Å². The first-order chi connectivity index (χ1) is 10.1. The SMILES string of the molecule is COCCOc1ccc(CN=C(N)NCCC(C)C)cc1.I. The minimum atomic E-state index is 0. The molecule has 0 aliphatic carbocycles. The molecular weight excluding hydrogens is 393 g/mol. The van der Waals surface area contributed by atoms with Gasteiger partial charge in [0, 0.05) is 13.7 Å². The lowest BCUT2D eigenvalue weighted by atomic mass is 10.1. The molecular formula is C16H28IN3O2. The van der Waals surface area contributed by atoms with Crippen LogP contribution in [0.3, 0.4) is 0 Å². The first-order valence-corrected chi connectivity index (χ1v) is 7.36. The quantitative estimate of drug-likeness (QED) is 0.279. The zero-order valence-corrected chi connectivity index (χ0v) is 16.0. The van der Waals surface area contributed by atoms with Crippen molar-refractivity contribution in [1.82, 2.24) is 5.32 Å². The molecule has 1 aromatic carbocycles. The lowest BCUT2D eigenvalue weighted by Gasteiger charge is -2.08. The van der Waals surface area contributed by atoms with Crippen LogP contribution in [0.4, 0.5) is 0 Å². The Labute approximate surface area is 150 Å². The van der Waals surface area contributed by atoms with Crippen LogP contribution in [-0.2, 0) is 11.3 Å². The van der Waals surface area contributed by atoms with Gasteiger partial charge >= 0.3 is 0 Å². The Kier molecular flexibility index (Phi) is 11.9. The second-order valence-electron chi connectivity index (χ2n) is 5.30. The van der Waals surface area contributed by atoms with E-state index in [4.69, 9.17) is 15.2 Å². The number of benzene rings is 1. The summed E-state index contributed by atoms with van der Waals surface area (Å²) in [7, 11) is 1.66. The molecule has 0 unspecified atom stereocenters. The largest absolute Gasteiger partial charge is 0.491 e. The van der Waals surface area contributed by atoms with Crippen LogP contribution in [-0.4, -0.2) is 32.8 Å². The molecule has 0 saturated carbocycles. The maximum Gasteiger partial charge on any atom is 0.188 e. The number of nitrogens with one attached hydrogen (secondary N) is 1. The molecule has 126 valence electrons. The fourth-order valence-electron chi connectivity index (χ4n) is 1.66. The maximum absolute atomic E-state index is 5.82. The molecule has 3 N–H and O–H groups in total. The monoisotopic (exact) mass is 421 g/mol. The van der Waals surface area contributed by atoms with Crippen LogP contribution in [0.15, 0.2) is 29.3 Å². The van der Waals surface area contributed by atoms with E-state index in [2.05, 4.69) is 24.2 Å². The van der Waals surface area contributed by atoms with Gasteiger partial charge < -0.3 is 20.5 Å². The molecule has 0 atom stereocenters. The average molecular weight is 421 g/mol. The van der Waals surface area contributed by atoms with Crippen LogP contribution >= 0.6 is 24.0 Å². The fraction of sp³-hybridized carbons (Fsp3) is 0.562.